The van der Waals surface area contributed by atoms with Crippen LogP contribution in [0.2, 0.25) is 0 Å². The molecule has 9 aliphatic carbocycles. The Morgan fingerprint density at radius 3 is 0.740 bits per heavy atom. The van der Waals surface area contributed by atoms with Gasteiger partial charge in [-0.25, -0.2) is 0 Å². The molecule has 12 heteroatoms. The van der Waals surface area contributed by atoms with Crippen LogP contribution in [-0.2, 0) is 120 Å². The Kier molecular flexibility index (Phi) is 133. The molecule has 4 aromatic rings. The first-order valence-corrected chi connectivity index (χ1v) is 61.1. The van der Waals surface area contributed by atoms with Gasteiger partial charge in [-0.05, 0) is 230 Å². The third-order valence-corrected chi connectivity index (χ3v) is 29.6. The fourth-order valence-corrected chi connectivity index (χ4v) is 20.0. The molecule has 13 rings (SSSR count). The van der Waals surface area contributed by atoms with Gasteiger partial charge in [-0.1, -0.05) is 349 Å². The maximum atomic E-state index is 4.93. The number of hydrogen-bond donors (Lipinski definition) is 1. The van der Waals surface area contributed by atoms with Crippen molar-refractivity contribution in [1.82, 2.24) is 5.32 Å². The number of fused-ring (bicyclic) bond motifs is 1. The zero-order valence-electron chi connectivity index (χ0n) is 93.7. The minimum absolute atomic E-state index is 0. The third kappa shape index (κ3) is 72.6. The number of rotatable bonds is 18. The van der Waals surface area contributed by atoms with Crippen LogP contribution >= 0.6 is 34.1 Å². The molecule has 11 atom stereocenters. The summed E-state index contributed by atoms with van der Waals surface area (Å²) in [5, 5.41) is 13.3. The summed E-state index contributed by atoms with van der Waals surface area (Å²) in [5.41, 5.74) is 18.0. The third-order valence-electron chi connectivity index (χ3n) is 29.6. The van der Waals surface area contributed by atoms with E-state index < -0.39 is 41.7 Å². The molecule has 1 N–H and O–H groups in total. The van der Waals surface area contributed by atoms with E-state index in [2.05, 4.69) is 178 Å². The van der Waals surface area contributed by atoms with Crippen molar-refractivity contribution in [1.29, 1.82) is 0 Å². The molecule has 0 radical (unpaired) electrons. The smallest absolute Gasteiger partial charge is 0 e. The second kappa shape index (κ2) is 105. The Morgan fingerprint density at radius 1 is 0.305 bits per heavy atom. The summed E-state index contributed by atoms with van der Waals surface area (Å²) >= 11 is -1.65. The molecule has 9 saturated carbocycles. The number of nitrogens with one attached hydrogen (secondary N) is 1. The number of nitrogens with zero attached hydrogens (tertiary/aromatic N) is 2. The molecule has 0 saturated heterocycles. The Balaban J connectivity index is -0.0000000887. The van der Waals surface area contributed by atoms with Crippen molar-refractivity contribution in [2.45, 2.75) is 410 Å². The topological polar surface area (TPSA) is 40.2 Å². The van der Waals surface area contributed by atoms with E-state index in [1.165, 1.54) is 298 Å². The summed E-state index contributed by atoms with van der Waals surface area (Å²) in [6.07, 6.45) is 58.3. The second-order valence-electron chi connectivity index (χ2n) is 37.9. The summed E-state index contributed by atoms with van der Waals surface area (Å²) in [4.78, 5) is 0. The summed E-state index contributed by atoms with van der Waals surface area (Å²) < 4.78 is 0. The van der Waals surface area contributed by atoms with E-state index in [0.717, 1.165) is 126 Å². The van der Waals surface area contributed by atoms with Gasteiger partial charge in [0.15, 0.2) is 0 Å². The van der Waals surface area contributed by atoms with Crippen molar-refractivity contribution in [3.63, 3.8) is 0 Å². The molecule has 0 spiro atoms. The van der Waals surface area contributed by atoms with Crippen LogP contribution in [0.25, 0.3) is 10.6 Å². The monoisotopic (exact) mass is 2280 g/mol. The maximum absolute atomic E-state index is 4.93. The zero-order valence-corrected chi connectivity index (χ0v) is 109. The standard InChI is InChI=1S/C26H39N3.C10H18.4C9H18.2C8H16.2C7H7.C5H10.12CH3.4ClH.5Zr/c1-15-17(3)21(7)25(22(8)18(15)4)28-13-11-27-12-14-29-26-23(9)19(5)16(2)20(6)24(26)10;1-8-6-7-9-4-2-3-5-10(8)9;2*1-6-5-7(2)9(4)8(6)3;2*1-2-3-6-9-7-4-5-8-9;2*1-2-5-8-6-3-4-7-8;2*1-7-5-3-2-4-6-7;1-2-4-5-3-1;;;;;;;;;;;;;;;;;;;;;/h27H,11-14H2,1-10H3;8-10H,2-7H2,1H3;2*6-9H,5H2,1-4H3;2*9H,2-8H2,1H3;2*8H,2-7H2,1H3;2*2-6H,1H2;1-5H2;12*1H3;4*1H;;;;;/q-2;;;;;;;;2*-1;;12*-1;;;;;;4*+4/p-4. The van der Waals surface area contributed by atoms with Gasteiger partial charge in [0.2, 0.25) is 0 Å². The summed E-state index contributed by atoms with van der Waals surface area (Å²) in [6.45, 7) is 63.5. The molecule has 4 aromatic carbocycles. The number of benzene rings is 4. The maximum Gasteiger partial charge on any atom is 4.00 e. The molecular formula is C119H221Cl4N3Zr5-4. The van der Waals surface area contributed by atoms with Crippen molar-refractivity contribution in [2.24, 2.45) is 88.8 Å². The quantitative estimate of drug-likeness (QED) is 0.0783. The van der Waals surface area contributed by atoms with E-state index >= 15 is 0 Å². The molecule has 9 aliphatic rings. The number of unbranched alkanes of at least 4 members (excludes halogenated alkanes) is 2. The van der Waals surface area contributed by atoms with Gasteiger partial charge >= 0.3 is 128 Å². The van der Waals surface area contributed by atoms with Gasteiger partial charge in [-0.15, -0.1) is 48.7 Å². The Bertz CT molecular complexity index is 2700. The Hall–Kier alpha value is 1.76. The van der Waals surface area contributed by atoms with E-state index in [4.69, 9.17) is 44.7 Å². The molecule has 3 nitrogen and oxygen atoms in total. The number of hydrogen-bond acceptors (Lipinski definition) is 1. The van der Waals surface area contributed by atoms with Crippen molar-refractivity contribution in [3.05, 3.63) is 241 Å². The van der Waals surface area contributed by atoms with Crippen molar-refractivity contribution in [2.75, 3.05) is 26.2 Å². The molecule has 11 unspecified atom stereocenters. The molecule has 0 aliphatic heterocycles. The predicted octanol–water partition coefficient (Wildman–Crippen LogP) is 42.7. The summed E-state index contributed by atoms with van der Waals surface area (Å²) in [6, 6.07) is 19.7. The molecule has 0 heterocycles. The van der Waals surface area contributed by atoms with Crippen molar-refractivity contribution >= 4 is 45.4 Å². The fourth-order valence-electron chi connectivity index (χ4n) is 20.0. The normalized spacial score (nSPS) is 20.8. The minimum atomic E-state index is -0.826. The molecule has 0 bridgehead atoms. The molecule has 9 fully saturated rings. The molecule has 764 valence electrons. The van der Waals surface area contributed by atoms with Gasteiger partial charge in [0.1, 0.15) is 0 Å². The van der Waals surface area contributed by atoms with Crippen molar-refractivity contribution < 1.29 is 120 Å². The average Bonchev–Trinajstić information content (AvgIpc) is 1.49. The van der Waals surface area contributed by atoms with Crippen molar-refractivity contribution in [3.8, 4) is 0 Å². The Labute approximate surface area is 926 Å². The van der Waals surface area contributed by atoms with E-state index in [9.17, 15) is 0 Å². The Morgan fingerprint density at radius 2 is 0.534 bits per heavy atom. The molecule has 0 aromatic heterocycles. The SMILES string of the molecule is C1CCCC1.CC1CC(C)C(C)C1C.CC1CC(C)C(C)C1C.CC1CCC2CCCCC12.CCCC1CCCC1.CCCC1CCCC1.CCCCC1CCCC1.CCCCC1CCCC1.Cc1c(C)c(C)c([N-]CCNCC[N-]c2c(C)c(C)c(C)c(C)c2C)c(C)c1C.[CH2-]c1ccccc1.[CH2-]c1ccccc1.[CH3-].[CH3-].[CH3-].[CH3-].[CH3-].[CH3-].[CH3-].[CH3-].[CH3-].[CH3-].[CH3-].[CH3-].[Cl][Zr+2][Cl].[Cl][Zr+2][Cl].[Zr+4].[Zr+4].[Zr]. The van der Waals surface area contributed by atoms with Crippen LogP contribution in [0.4, 0.5) is 11.4 Å². The number of halogens is 4. The molecule has 131 heavy (non-hydrogen) atoms. The van der Waals surface area contributed by atoms with Gasteiger partial charge in [0.25, 0.3) is 0 Å². The minimum Gasteiger partial charge on any atom is 0 e. The van der Waals surface area contributed by atoms with Gasteiger partial charge in [-0.3, -0.25) is 0 Å². The van der Waals surface area contributed by atoms with Crippen LogP contribution < -0.4 is 5.32 Å². The van der Waals surface area contributed by atoms with Gasteiger partial charge in [0.05, 0.1) is 0 Å². The fraction of sp³-hybridized carbons (Fsp3) is 0.681. The summed E-state index contributed by atoms with van der Waals surface area (Å²) in [7, 11) is 19.7. The van der Waals surface area contributed by atoms with Crippen LogP contribution in [-0.4, -0.2) is 26.2 Å². The first-order chi connectivity index (χ1) is 55.6. The van der Waals surface area contributed by atoms with Crippen LogP contribution in [0.3, 0.4) is 0 Å². The summed E-state index contributed by atoms with van der Waals surface area (Å²) in [5.74, 6) is 15.5. The first-order valence-electron chi connectivity index (χ1n) is 48.4. The second-order valence-corrected chi connectivity index (χ2v) is 45.3. The predicted molar refractivity (Wildman–Crippen MR) is 597 cm³/mol. The van der Waals surface area contributed by atoms with Crippen LogP contribution in [0, 0.1) is 261 Å². The van der Waals surface area contributed by atoms with Crippen LogP contribution in [0.5, 0.6) is 0 Å². The average molecular weight is 2290 g/mol. The van der Waals surface area contributed by atoms with E-state index in [0.29, 0.717) is 0 Å². The van der Waals surface area contributed by atoms with Crippen LogP contribution in [0.15, 0.2) is 60.7 Å². The zero-order chi connectivity index (χ0) is 86.8. The van der Waals surface area contributed by atoms with E-state index in [1.54, 1.807) is 19.3 Å². The molecule has 0 amide bonds. The van der Waals surface area contributed by atoms with Gasteiger partial charge < -0.3 is 105 Å². The first kappa shape index (κ1) is 166. The van der Waals surface area contributed by atoms with Crippen LogP contribution in [0.1, 0.15) is 407 Å². The van der Waals surface area contributed by atoms with Gasteiger partial charge in [-0.2, -0.15) is 49.2 Å². The largest absolute Gasteiger partial charge is 4.00 e. The van der Waals surface area contributed by atoms with E-state index in [-0.39, 0.29) is 168 Å². The molecular weight excluding hydrogens is 2070 g/mol. The van der Waals surface area contributed by atoms with E-state index in [1.807, 2.05) is 60.7 Å². The van der Waals surface area contributed by atoms with Gasteiger partial charge in [0, 0.05) is 26.2 Å².